The fourth-order valence-corrected chi connectivity index (χ4v) is 1.45. The first kappa shape index (κ1) is 6.97. The van der Waals surface area contributed by atoms with Crippen LogP contribution in [0.3, 0.4) is 0 Å². The monoisotopic (exact) mass is 134 g/mol. The summed E-state index contributed by atoms with van der Waals surface area (Å²) in [6, 6.07) is 0. The van der Waals surface area contributed by atoms with Gasteiger partial charge in [0, 0.05) is 12.8 Å². The Balaban J connectivity index is 2.41. The number of hydrogen-bond acceptors (Lipinski definition) is 0. The van der Waals surface area contributed by atoms with Crippen LogP contribution in [0.4, 0.5) is 8.78 Å². The van der Waals surface area contributed by atoms with Crippen molar-refractivity contribution < 1.29 is 8.78 Å². The maximum atomic E-state index is 12.2. The average molecular weight is 134 g/mol. The van der Waals surface area contributed by atoms with Crippen LogP contribution in [0.25, 0.3) is 0 Å². The predicted molar refractivity (Wildman–Crippen MR) is 32.6 cm³/mol. The lowest BCUT2D eigenvalue weighted by atomic mass is 9.66. The standard InChI is InChI=1S/C7H12F2/c1-3-6(2)4-7(8,9)5-6/h3-5H2,1-2H3. The summed E-state index contributed by atoms with van der Waals surface area (Å²) in [6.45, 7) is 3.89. The Hall–Kier alpha value is -0.140. The van der Waals surface area contributed by atoms with Crippen LogP contribution in [0.5, 0.6) is 0 Å². The lowest BCUT2D eigenvalue weighted by molar-refractivity contribution is -0.154. The molecule has 1 aliphatic rings. The molecule has 0 atom stereocenters. The van der Waals surface area contributed by atoms with Gasteiger partial charge in [0.2, 0.25) is 5.92 Å². The molecule has 0 nitrogen and oxygen atoms in total. The highest BCUT2D eigenvalue weighted by molar-refractivity contribution is 4.94. The zero-order valence-corrected chi connectivity index (χ0v) is 5.88. The molecule has 0 aliphatic heterocycles. The predicted octanol–water partition coefficient (Wildman–Crippen LogP) is 2.83. The quantitative estimate of drug-likeness (QED) is 0.517. The van der Waals surface area contributed by atoms with Crippen molar-refractivity contribution >= 4 is 0 Å². The van der Waals surface area contributed by atoms with Crippen LogP contribution >= 0.6 is 0 Å². The van der Waals surface area contributed by atoms with Gasteiger partial charge in [-0.2, -0.15) is 0 Å². The van der Waals surface area contributed by atoms with Crippen molar-refractivity contribution in [2.24, 2.45) is 5.41 Å². The third-order valence-corrected chi connectivity index (χ3v) is 2.22. The van der Waals surface area contributed by atoms with E-state index in [0.29, 0.717) is 0 Å². The van der Waals surface area contributed by atoms with Crippen LogP contribution in [0.15, 0.2) is 0 Å². The number of rotatable bonds is 1. The van der Waals surface area contributed by atoms with Crippen molar-refractivity contribution in [3.8, 4) is 0 Å². The molecule has 0 radical (unpaired) electrons. The van der Waals surface area contributed by atoms with Gasteiger partial charge < -0.3 is 0 Å². The second-order valence-electron chi connectivity index (χ2n) is 3.37. The Bertz CT molecular complexity index is 110. The summed E-state index contributed by atoms with van der Waals surface area (Å²) >= 11 is 0. The van der Waals surface area contributed by atoms with Crippen LogP contribution < -0.4 is 0 Å². The minimum atomic E-state index is -2.34. The van der Waals surface area contributed by atoms with Crippen molar-refractivity contribution in [1.29, 1.82) is 0 Å². The molecule has 2 heteroatoms. The molecule has 0 unspecified atom stereocenters. The highest BCUT2D eigenvalue weighted by Crippen LogP contribution is 2.53. The maximum Gasteiger partial charge on any atom is 0.249 e. The van der Waals surface area contributed by atoms with E-state index in [2.05, 4.69) is 0 Å². The molecule has 0 amide bonds. The molecule has 0 N–H and O–H groups in total. The molecule has 0 bridgehead atoms. The molecule has 1 rings (SSSR count). The summed E-state index contributed by atoms with van der Waals surface area (Å²) in [5.41, 5.74) is -0.0521. The molecule has 0 aromatic carbocycles. The van der Waals surface area contributed by atoms with Crippen molar-refractivity contribution in [1.82, 2.24) is 0 Å². The zero-order valence-electron chi connectivity index (χ0n) is 5.88. The highest BCUT2D eigenvalue weighted by atomic mass is 19.3. The van der Waals surface area contributed by atoms with E-state index in [9.17, 15) is 8.78 Å². The Labute approximate surface area is 54.3 Å². The second kappa shape index (κ2) is 1.68. The molecule has 9 heavy (non-hydrogen) atoms. The van der Waals surface area contributed by atoms with Crippen molar-refractivity contribution in [3.63, 3.8) is 0 Å². The molecule has 54 valence electrons. The van der Waals surface area contributed by atoms with Crippen LogP contribution in [0, 0.1) is 5.41 Å². The van der Waals surface area contributed by atoms with E-state index in [1.54, 1.807) is 0 Å². The summed E-state index contributed by atoms with van der Waals surface area (Å²) < 4.78 is 24.4. The average Bonchev–Trinajstić information content (AvgIpc) is 1.61. The van der Waals surface area contributed by atoms with Gasteiger partial charge in [-0.25, -0.2) is 8.78 Å². The maximum absolute atomic E-state index is 12.2. The van der Waals surface area contributed by atoms with Gasteiger partial charge in [0.15, 0.2) is 0 Å². The third kappa shape index (κ3) is 1.22. The van der Waals surface area contributed by atoms with Crippen LogP contribution in [-0.2, 0) is 0 Å². The Kier molecular flexibility index (Phi) is 1.30. The molecule has 0 heterocycles. The van der Waals surface area contributed by atoms with Gasteiger partial charge >= 0.3 is 0 Å². The molecular formula is C7H12F2. The van der Waals surface area contributed by atoms with Crippen molar-refractivity contribution in [2.45, 2.75) is 39.0 Å². The molecule has 0 spiro atoms. The largest absolute Gasteiger partial charge is 0.249 e. The van der Waals surface area contributed by atoms with E-state index < -0.39 is 5.92 Å². The SMILES string of the molecule is CCC1(C)CC(F)(F)C1. The van der Waals surface area contributed by atoms with Crippen LogP contribution in [0.1, 0.15) is 33.1 Å². The molecule has 1 saturated carbocycles. The first-order valence-corrected chi connectivity index (χ1v) is 3.35. The van der Waals surface area contributed by atoms with Gasteiger partial charge in [-0.05, 0) is 5.41 Å². The first-order chi connectivity index (χ1) is 3.97. The van der Waals surface area contributed by atoms with Gasteiger partial charge in [0.25, 0.3) is 0 Å². The lowest BCUT2D eigenvalue weighted by Crippen LogP contribution is -2.43. The Morgan fingerprint density at radius 3 is 1.89 bits per heavy atom. The van der Waals surface area contributed by atoms with Crippen LogP contribution in [-0.4, -0.2) is 5.92 Å². The molecule has 1 aliphatic carbocycles. The molecule has 0 saturated heterocycles. The summed E-state index contributed by atoms with van der Waals surface area (Å²) in [7, 11) is 0. The molecular weight excluding hydrogens is 122 g/mol. The summed E-state index contributed by atoms with van der Waals surface area (Å²) in [5.74, 6) is -2.34. The summed E-state index contributed by atoms with van der Waals surface area (Å²) in [5, 5.41) is 0. The fourth-order valence-electron chi connectivity index (χ4n) is 1.45. The van der Waals surface area contributed by atoms with Gasteiger partial charge in [0.05, 0.1) is 0 Å². The topological polar surface area (TPSA) is 0 Å². The Morgan fingerprint density at radius 2 is 1.78 bits per heavy atom. The van der Waals surface area contributed by atoms with E-state index in [4.69, 9.17) is 0 Å². The van der Waals surface area contributed by atoms with Gasteiger partial charge in [0.1, 0.15) is 0 Å². The van der Waals surface area contributed by atoms with E-state index in [1.807, 2.05) is 13.8 Å². The van der Waals surface area contributed by atoms with E-state index in [-0.39, 0.29) is 18.3 Å². The van der Waals surface area contributed by atoms with Crippen molar-refractivity contribution in [3.05, 3.63) is 0 Å². The van der Waals surface area contributed by atoms with E-state index >= 15 is 0 Å². The smallest absolute Gasteiger partial charge is 0.207 e. The van der Waals surface area contributed by atoms with Gasteiger partial charge in [-0.15, -0.1) is 0 Å². The van der Waals surface area contributed by atoms with Gasteiger partial charge in [-0.3, -0.25) is 0 Å². The number of alkyl halides is 2. The fraction of sp³-hybridized carbons (Fsp3) is 1.00. The second-order valence-corrected chi connectivity index (χ2v) is 3.37. The number of halogens is 2. The molecule has 0 aromatic rings. The van der Waals surface area contributed by atoms with Gasteiger partial charge in [-0.1, -0.05) is 20.3 Å². The summed E-state index contributed by atoms with van der Waals surface area (Å²) in [6.07, 6.45) is 1.07. The highest BCUT2D eigenvalue weighted by Gasteiger charge is 2.52. The minimum Gasteiger partial charge on any atom is -0.207 e. The lowest BCUT2D eigenvalue weighted by Gasteiger charge is -2.44. The number of hydrogen-bond donors (Lipinski definition) is 0. The minimum absolute atomic E-state index is 0.0521. The molecule has 1 fully saturated rings. The third-order valence-electron chi connectivity index (χ3n) is 2.22. The molecule has 0 aromatic heterocycles. The normalized spacial score (nSPS) is 29.3. The Morgan fingerprint density at radius 1 is 1.33 bits per heavy atom. The zero-order chi connectivity index (χ0) is 7.12. The van der Waals surface area contributed by atoms with Crippen molar-refractivity contribution in [2.75, 3.05) is 0 Å². The summed E-state index contributed by atoms with van der Waals surface area (Å²) in [4.78, 5) is 0. The van der Waals surface area contributed by atoms with E-state index in [1.165, 1.54) is 0 Å². The first-order valence-electron chi connectivity index (χ1n) is 3.35. The van der Waals surface area contributed by atoms with E-state index in [0.717, 1.165) is 6.42 Å². The van der Waals surface area contributed by atoms with Crippen LogP contribution in [0.2, 0.25) is 0 Å².